The topological polar surface area (TPSA) is 37.3 Å². The maximum Gasteiger partial charge on any atom is 0.307 e. The first-order chi connectivity index (χ1) is 9.97. The van der Waals surface area contributed by atoms with Gasteiger partial charge in [0.05, 0.1) is 5.92 Å². The molecule has 110 valence electrons. The summed E-state index contributed by atoms with van der Waals surface area (Å²) >= 11 is 9.32. The van der Waals surface area contributed by atoms with Crippen molar-refractivity contribution in [3.8, 4) is 0 Å². The van der Waals surface area contributed by atoms with Crippen molar-refractivity contribution in [2.24, 2.45) is 5.92 Å². The van der Waals surface area contributed by atoms with Crippen LogP contribution in [-0.4, -0.2) is 11.1 Å². The first kappa shape index (κ1) is 16.0. The van der Waals surface area contributed by atoms with Crippen LogP contribution in [0.2, 0.25) is 5.02 Å². The van der Waals surface area contributed by atoms with E-state index in [-0.39, 0.29) is 17.0 Å². The van der Waals surface area contributed by atoms with Gasteiger partial charge < -0.3 is 5.11 Å². The van der Waals surface area contributed by atoms with E-state index in [9.17, 15) is 14.3 Å². The van der Waals surface area contributed by atoms with Gasteiger partial charge in [0.15, 0.2) is 0 Å². The summed E-state index contributed by atoms with van der Waals surface area (Å²) in [5.41, 5.74) is 1.13. The molecule has 5 heteroatoms. The van der Waals surface area contributed by atoms with E-state index in [0.29, 0.717) is 6.42 Å². The zero-order valence-electron chi connectivity index (χ0n) is 11.0. The average Bonchev–Trinajstić information content (AvgIpc) is 2.41. The van der Waals surface area contributed by atoms with Crippen molar-refractivity contribution in [2.45, 2.75) is 12.8 Å². The van der Waals surface area contributed by atoms with Gasteiger partial charge in [-0.3, -0.25) is 4.79 Å². The molecule has 0 aliphatic carbocycles. The van der Waals surface area contributed by atoms with E-state index in [0.717, 1.165) is 10.0 Å². The molecule has 0 aliphatic heterocycles. The fraction of sp³-hybridized carbons (Fsp3) is 0.188. The normalized spacial score (nSPS) is 12.1. The molecule has 2 aromatic rings. The highest BCUT2D eigenvalue weighted by Crippen LogP contribution is 2.25. The van der Waals surface area contributed by atoms with Gasteiger partial charge in [-0.2, -0.15) is 0 Å². The second kappa shape index (κ2) is 7.05. The molecule has 0 heterocycles. The summed E-state index contributed by atoms with van der Waals surface area (Å²) in [6.07, 6.45) is 0.382. The van der Waals surface area contributed by atoms with Gasteiger partial charge >= 0.3 is 5.97 Å². The highest BCUT2D eigenvalue weighted by atomic mass is 79.9. The van der Waals surface area contributed by atoms with Crippen LogP contribution in [0, 0.1) is 11.7 Å². The summed E-state index contributed by atoms with van der Waals surface area (Å²) in [4.78, 5) is 11.4. The monoisotopic (exact) mass is 370 g/mol. The Morgan fingerprint density at radius 3 is 2.57 bits per heavy atom. The summed E-state index contributed by atoms with van der Waals surface area (Å²) in [6.45, 7) is 0. The Morgan fingerprint density at radius 1 is 1.24 bits per heavy atom. The number of rotatable bonds is 5. The third-order valence-corrected chi connectivity index (χ3v) is 4.08. The molecule has 1 unspecified atom stereocenters. The Labute approximate surface area is 135 Å². The molecule has 2 aromatic carbocycles. The Morgan fingerprint density at radius 2 is 1.95 bits per heavy atom. The quantitative estimate of drug-likeness (QED) is 0.825. The zero-order valence-corrected chi connectivity index (χ0v) is 13.4. The number of hydrogen-bond acceptors (Lipinski definition) is 1. The molecule has 0 bridgehead atoms. The predicted molar refractivity (Wildman–Crippen MR) is 84.1 cm³/mol. The molecular formula is C16H13BrClFO2. The number of aliphatic carboxylic acids is 1. The minimum atomic E-state index is -0.964. The lowest BCUT2D eigenvalue weighted by Crippen LogP contribution is -2.20. The SMILES string of the molecule is O=C(O)C(Cc1cccc(Br)c1)Cc1c(F)cccc1Cl. The Hall–Kier alpha value is -1.39. The largest absolute Gasteiger partial charge is 0.481 e. The molecule has 2 nitrogen and oxygen atoms in total. The summed E-state index contributed by atoms with van der Waals surface area (Å²) < 4.78 is 14.7. The van der Waals surface area contributed by atoms with Crippen molar-refractivity contribution < 1.29 is 14.3 Å². The van der Waals surface area contributed by atoms with Crippen LogP contribution < -0.4 is 0 Å². The smallest absolute Gasteiger partial charge is 0.307 e. The molecule has 0 saturated carbocycles. The van der Waals surface area contributed by atoms with Crippen LogP contribution in [0.25, 0.3) is 0 Å². The summed E-state index contributed by atoms with van der Waals surface area (Å²) in [6, 6.07) is 11.8. The zero-order chi connectivity index (χ0) is 15.4. The van der Waals surface area contributed by atoms with Gasteiger partial charge in [-0.05, 0) is 42.7 Å². The van der Waals surface area contributed by atoms with Crippen molar-refractivity contribution >= 4 is 33.5 Å². The first-order valence-corrected chi connectivity index (χ1v) is 7.54. The van der Waals surface area contributed by atoms with Gasteiger partial charge in [0.2, 0.25) is 0 Å². The van der Waals surface area contributed by atoms with E-state index in [1.807, 2.05) is 24.3 Å². The number of carbonyl (C=O) groups is 1. The van der Waals surface area contributed by atoms with Crippen LogP contribution in [0.3, 0.4) is 0 Å². The Bertz CT molecular complexity index is 640. The summed E-state index contributed by atoms with van der Waals surface area (Å²) in [5.74, 6) is -2.16. The first-order valence-electron chi connectivity index (χ1n) is 6.37. The molecular weight excluding hydrogens is 359 g/mol. The number of halogens is 3. The highest BCUT2D eigenvalue weighted by molar-refractivity contribution is 9.10. The summed E-state index contributed by atoms with van der Waals surface area (Å²) in [5, 5.41) is 9.63. The van der Waals surface area contributed by atoms with Crippen molar-refractivity contribution in [3.63, 3.8) is 0 Å². The van der Waals surface area contributed by atoms with Crippen molar-refractivity contribution in [2.75, 3.05) is 0 Å². The Balaban J connectivity index is 2.22. The molecule has 2 rings (SSSR count). The van der Waals surface area contributed by atoms with Crippen LogP contribution in [0.15, 0.2) is 46.9 Å². The standard InChI is InChI=1S/C16H13BrClFO2/c17-12-4-1-3-10(8-12)7-11(16(20)21)9-13-14(18)5-2-6-15(13)19/h1-6,8,11H,7,9H2,(H,20,21). The predicted octanol–water partition coefficient (Wildman–Crippen LogP) is 4.73. The number of hydrogen-bond donors (Lipinski definition) is 1. The lowest BCUT2D eigenvalue weighted by atomic mass is 9.92. The molecule has 21 heavy (non-hydrogen) atoms. The van der Waals surface area contributed by atoms with Crippen molar-refractivity contribution in [1.82, 2.24) is 0 Å². The van der Waals surface area contributed by atoms with Crippen LogP contribution >= 0.6 is 27.5 Å². The van der Waals surface area contributed by atoms with Gasteiger partial charge in [0.25, 0.3) is 0 Å². The van der Waals surface area contributed by atoms with Gasteiger partial charge in [-0.15, -0.1) is 0 Å². The molecule has 0 aromatic heterocycles. The van der Waals surface area contributed by atoms with E-state index in [1.54, 1.807) is 6.07 Å². The Kier molecular flexibility index (Phi) is 5.37. The lowest BCUT2D eigenvalue weighted by molar-refractivity contribution is -0.141. The number of benzene rings is 2. The fourth-order valence-corrected chi connectivity index (χ4v) is 2.86. The van der Waals surface area contributed by atoms with Crippen LogP contribution in [0.4, 0.5) is 4.39 Å². The lowest BCUT2D eigenvalue weighted by Gasteiger charge is -2.14. The maximum absolute atomic E-state index is 13.8. The minimum absolute atomic E-state index is 0.0629. The number of carboxylic acid groups (broad SMARTS) is 1. The third-order valence-electron chi connectivity index (χ3n) is 3.23. The minimum Gasteiger partial charge on any atom is -0.481 e. The molecule has 0 spiro atoms. The van der Waals surface area contributed by atoms with E-state index >= 15 is 0 Å². The van der Waals surface area contributed by atoms with Gasteiger partial charge in [0, 0.05) is 15.1 Å². The molecule has 0 aliphatic rings. The second-order valence-corrected chi connectivity index (χ2v) is 6.10. The number of carboxylic acids is 1. The third kappa shape index (κ3) is 4.29. The highest BCUT2D eigenvalue weighted by Gasteiger charge is 2.21. The van der Waals surface area contributed by atoms with Crippen LogP contribution in [0.1, 0.15) is 11.1 Å². The van der Waals surface area contributed by atoms with Crippen molar-refractivity contribution in [3.05, 3.63) is 68.9 Å². The van der Waals surface area contributed by atoms with Crippen molar-refractivity contribution in [1.29, 1.82) is 0 Å². The van der Waals surface area contributed by atoms with E-state index in [4.69, 9.17) is 11.6 Å². The molecule has 1 N–H and O–H groups in total. The van der Waals surface area contributed by atoms with E-state index in [2.05, 4.69) is 15.9 Å². The maximum atomic E-state index is 13.8. The van der Waals surface area contributed by atoms with E-state index in [1.165, 1.54) is 12.1 Å². The fourth-order valence-electron chi connectivity index (χ4n) is 2.17. The molecule has 0 saturated heterocycles. The van der Waals surface area contributed by atoms with Gasteiger partial charge in [-0.1, -0.05) is 45.7 Å². The van der Waals surface area contributed by atoms with Crippen LogP contribution in [0.5, 0.6) is 0 Å². The second-order valence-electron chi connectivity index (χ2n) is 4.77. The molecule has 0 amide bonds. The van der Waals surface area contributed by atoms with Gasteiger partial charge in [0.1, 0.15) is 5.82 Å². The molecule has 1 atom stereocenters. The van der Waals surface area contributed by atoms with Crippen LogP contribution in [-0.2, 0) is 17.6 Å². The van der Waals surface area contributed by atoms with Gasteiger partial charge in [-0.25, -0.2) is 4.39 Å². The summed E-state index contributed by atoms with van der Waals surface area (Å²) in [7, 11) is 0. The van der Waals surface area contributed by atoms with E-state index < -0.39 is 17.7 Å². The molecule has 0 fully saturated rings. The average molecular weight is 372 g/mol. The molecule has 0 radical (unpaired) electrons.